The van der Waals surface area contributed by atoms with Crippen molar-refractivity contribution in [1.29, 1.82) is 0 Å². The molecule has 0 atom stereocenters. The standard InChI is InChI=1S/C22H30N8O8S/c1-13-8-30(21(37)26-19(13)36)11-17(33)28(12-18(34)35)6-5-25-15(31)7-23-3-4-24-16(32)10-29-9-14(2)20(39)27-22(29)38/h8-9,23H,3-7,10-12H2,1-2H3,(H,24,32)(H,25,31)(H,34,35)(H,26,36,37)(H,27,38,39). The molecule has 0 aliphatic carbocycles. The third-order valence-electron chi connectivity index (χ3n) is 5.29. The first-order valence-electron chi connectivity index (χ1n) is 11.7. The summed E-state index contributed by atoms with van der Waals surface area (Å²) in [5.41, 5.74) is -1.04. The molecule has 3 amide bonds. The minimum atomic E-state index is -1.28. The van der Waals surface area contributed by atoms with E-state index in [0.717, 1.165) is 9.47 Å². The highest BCUT2D eigenvalue weighted by Crippen LogP contribution is 1.95. The Hall–Kier alpha value is -4.38. The number of carbonyl (C=O) groups excluding carboxylic acids is 3. The SMILES string of the molecule is Cc1cn(CC(=O)N(CCNC(=O)CNCCNC(=O)Cn2cc(C)c(=S)[nH]c2=O)CC(=O)O)c(=O)[nH]c1=O. The molecule has 0 saturated carbocycles. The van der Waals surface area contributed by atoms with Crippen molar-refractivity contribution in [2.75, 3.05) is 39.3 Å². The first kappa shape index (κ1) is 30.8. The molecule has 2 aromatic rings. The minimum absolute atomic E-state index is 0.0515. The Labute approximate surface area is 226 Å². The van der Waals surface area contributed by atoms with Gasteiger partial charge in [0.05, 0.1) is 6.54 Å². The van der Waals surface area contributed by atoms with Gasteiger partial charge in [0.1, 0.15) is 24.3 Å². The fourth-order valence-electron chi connectivity index (χ4n) is 3.27. The van der Waals surface area contributed by atoms with Crippen molar-refractivity contribution in [1.82, 2.24) is 40.0 Å². The van der Waals surface area contributed by atoms with Crippen LogP contribution in [0.1, 0.15) is 11.1 Å². The van der Waals surface area contributed by atoms with Crippen LogP contribution in [0.3, 0.4) is 0 Å². The predicted molar refractivity (Wildman–Crippen MR) is 140 cm³/mol. The van der Waals surface area contributed by atoms with E-state index in [1.807, 2.05) is 0 Å². The van der Waals surface area contributed by atoms with E-state index < -0.39 is 53.7 Å². The molecule has 39 heavy (non-hydrogen) atoms. The summed E-state index contributed by atoms with van der Waals surface area (Å²) < 4.78 is 2.46. The maximum atomic E-state index is 12.6. The zero-order valence-electron chi connectivity index (χ0n) is 21.4. The van der Waals surface area contributed by atoms with Crippen LogP contribution in [-0.4, -0.2) is 92.1 Å². The summed E-state index contributed by atoms with van der Waals surface area (Å²) in [7, 11) is 0. The number of nitrogens with zero attached hydrogens (tertiary/aromatic N) is 3. The number of aromatic amines is 2. The molecular weight excluding hydrogens is 536 g/mol. The van der Waals surface area contributed by atoms with Gasteiger partial charge in [0.2, 0.25) is 17.7 Å². The minimum Gasteiger partial charge on any atom is -0.480 e. The third kappa shape index (κ3) is 10.1. The zero-order chi connectivity index (χ0) is 29.1. The number of amides is 3. The Morgan fingerprint density at radius 3 is 2.21 bits per heavy atom. The zero-order valence-corrected chi connectivity index (χ0v) is 22.2. The van der Waals surface area contributed by atoms with Gasteiger partial charge in [-0.15, -0.1) is 0 Å². The van der Waals surface area contributed by atoms with Crippen molar-refractivity contribution >= 4 is 35.9 Å². The van der Waals surface area contributed by atoms with Crippen molar-refractivity contribution < 1.29 is 24.3 Å². The van der Waals surface area contributed by atoms with E-state index in [-0.39, 0.29) is 44.8 Å². The van der Waals surface area contributed by atoms with Gasteiger partial charge in [-0.25, -0.2) is 9.59 Å². The Morgan fingerprint density at radius 1 is 0.897 bits per heavy atom. The van der Waals surface area contributed by atoms with Crippen molar-refractivity contribution in [3.8, 4) is 0 Å². The molecule has 16 nitrogen and oxygen atoms in total. The van der Waals surface area contributed by atoms with Gasteiger partial charge in [-0.2, -0.15) is 0 Å². The number of aliphatic carboxylic acids is 1. The number of hydrogen-bond acceptors (Lipinski definition) is 9. The second-order valence-corrected chi connectivity index (χ2v) is 8.89. The molecule has 17 heteroatoms. The van der Waals surface area contributed by atoms with E-state index in [1.54, 1.807) is 6.92 Å². The second kappa shape index (κ2) is 14.5. The van der Waals surface area contributed by atoms with Gasteiger partial charge in [0.15, 0.2) is 0 Å². The van der Waals surface area contributed by atoms with Crippen LogP contribution < -0.4 is 32.9 Å². The van der Waals surface area contributed by atoms with E-state index >= 15 is 0 Å². The number of carboxylic acids is 1. The molecule has 6 N–H and O–H groups in total. The lowest BCUT2D eigenvalue weighted by Gasteiger charge is -2.21. The molecule has 0 aromatic carbocycles. The first-order chi connectivity index (χ1) is 18.4. The number of aromatic nitrogens is 4. The lowest BCUT2D eigenvalue weighted by Crippen LogP contribution is -2.45. The molecule has 0 aliphatic rings. The molecule has 0 fully saturated rings. The Bertz CT molecular complexity index is 1460. The highest BCUT2D eigenvalue weighted by Gasteiger charge is 2.18. The van der Waals surface area contributed by atoms with Crippen molar-refractivity contribution in [2.45, 2.75) is 26.9 Å². The monoisotopic (exact) mass is 566 g/mol. The average Bonchev–Trinajstić information content (AvgIpc) is 2.84. The first-order valence-corrected chi connectivity index (χ1v) is 12.1. The van der Waals surface area contributed by atoms with Gasteiger partial charge in [0, 0.05) is 49.7 Å². The summed E-state index contributed by atoms with van der Waals surface area (Å²) >= 11 is 4.96. The Balaban J connectivity index is 1.72. The van der Waals surface area contributed by atoms with Crippen LogP contribution in [0, 0.1) is 18.5 Å². The second-order valence-electron chi connectivity index (χ2n) is 8.48. The average molecular weight is 567 g/mol. The molecule has 0 bridgehead atoms. The number of aryl methyl sites for hydroxylation is 2. The maximum Gasteiger partial charge on any atom is 0.328 e. The smallest absolute Gasteiger partial charge is 0.328 e. The normalized spacial score (nSPS) is 10.6. The molecule has 212 valence electrons. The molecule has 2 heterocycles. The van der Waals surface area contributed by atoms with Crippen LogP contribution in [-0.2, 0) is 32.3 Å². The number of H-pyrrole nitrogens is 2. The van der Waals surface area contributed by atoms with Gasteiger partial charge in [-0.1, -0.05) is 12.2 Å². The largest absolute Gasteiger partial charge is 0.480 e. The fourth-order valence-corrected chi connectivity index (χ4v) is 3.41. The van der Waals surface area contributed by atoms with Crippen LogP contribution in [0.5, 0.6) is 0 Å². The highest BCUT2D eigenvalue weighted by molar-refractivity contribution is 7.71. The Kier molecular flexibility index (Phi) is 11.5. The van der Waals surface area contributed by atoms with E-state index in [4.69, 9.17) is 17.3 Å². The topological polar surface area (TPSA) is 220 Å². The lowest BCUT2D eigenvalue weighted by atomic mass is 10.3. The van der Waals surface area contributed by atoms with Gasteiger partial charge in [-0.3, -0.25) is 43.1 Å². The molecule has 0 spiro atoms. The van der Waals surface area contributed by atoms with E-state index in [2.05, 4.69) is 25.9 Å². The van der Waals surface area contributed by atoms with Crippen LogP contribution in [0.25, 0.3) is 0 Å². The number of nitrogens with one attached hydrogen (secondary N) is 5. The fraction of sp³-hybridized carbons (Fsp3) is 0.455. The van der Waals surface area contributed by atoms with Crippen molar-refractivity contribution in [3.63, 3.8) is 0 Å². The number of carbonyl (C=O) groups is 4. The van der Waals surface area contributed by atoms with Gasteiger partial charge >= 0.3 is 17.3 Å². The van der Waals surface area contributed by atoms with Crippen LogP contribution >= 0.6 is 12.2 Å². The van der Waals surface area contributed by atoms with Crippen LogP contribution in [0.2, 0.25) is 0 Å². The van der Waals surface area contributed by atoms with Crippen molar-refractivity contribution in [2.24, 2.45) is 0 Å². The molecule has 2 aromatic heterocycles. The number of hydrogen-bond donors (Lipinski definition) is 6. The van der Waals surface area contributed by atoms with Gasteiger partial charge in [0.25, 0.3) is 5.56 Å². The highest BCUT2D eigenvalue weighted by atomic mass is 32.1. The molecule has 0 aliphatic heterocycles. The molecule has 0 radical (unpaired) electrons. The molecular formula is C22H30N8O8S. The quantitative estimate of drug-likeness (QED) is 0.0993. The van der Waals surface area contributed by atoms with Gasteiger partial charge in [-0.05, 0) is 13.8 Å². The summed E-state index contributed by atoms with van der Waals surface area (Å²) in [6, 6.07) is 0. The van der Waals surface area contributed by atoms with Crippen LogP contribution in [0.15, 0.2) is 26.8 Å². The summed E-state index contributed by atoms with van der Waals surface area (Å²) in [5.74, 6) is -2.81. The number of carboxylic acid groups (broad SMARTS) is 1. The third-order valence-corrected chi connectivity index (χ3v) is 5.71. The summed E-state index contributed by atoms with van der Waals surface area (Å²) in [6.07, 6.45) is 2.69. The van der Waals surface area contributed by atoms with Crippen molar-refractivity contribution in [3.05, 3.63) is 59.5 Å². The van der Waals surface area contributed by atoms with E-state index in [0.29, 0.717) is 10.2 Å². The Morgan fingerprint density at radius 2 is 1.51 bits per heavy atom. The van der Waals surface area contributed by atoms with E-state index in [9.17, 15) is 33.6 Å². The van der Waals surface area contributed by atoms with E-state index in [1.165, 1.54) is 23.9 Å². The molecule has 0 saturated heterocycles. The van der Waals surface area contributed by atoms with Gasteiger partial charge < -0.3 is 26.0 Å². The summed E-state index contributed by atoms with van der Waals surface area (Å²) in [6.45, 7) is 1.97. The predicted octanol–water partition coefficient (Wildman–Crippen LogP) is -3.19. The lowest BCUT2D eigenvalue weighted by molar-refractivity contribution is -0.144. The maximum absolute atomic E-state index is 12.6. The summed E-state index contributed by atoms with van der Waals surface area (Å²) in [4.78, 5) is 88.5. The van der Waals surface area contributed by atoms with Crippen LogP contribution in [0.4, 0.5) is 0 Å². The summed E-state index contributed by atoms with van der Waals surface area (Å²) in [5, 5.41) is 17.1. The number of rotatable bonds is 14. The molecule has 0 unspecified atom stereocenters. The molecule has 2 rings (SSSR count).